The van der Waals surface area contributed by atoms with Gasteiger partial charge in [-0.25, -0.2) is 29.7 Å². The number of aliphatic imine (C=N–C) groups is 2. The Labute approximate surface area is 671 Å². The molecule has 606 valence electrons. The number of carbonyl (C=O) groups excluding carboxylic acids is 12. The maximum Gasteiger partial charge on any atom is 0.357 e. The van der Waals surface area contributed by atoms with E-state index in [9.17, 15) is 68.7 Å². The van der Waals surface area contributed by atoms with Gasteiger partial charge in [-0.3, -0.25) is 68.0 Å². The summed E-state index contributed by atoms with van der Waals surface area (Å²) in [5.74, 6) is -12.2. The van der Waals surface area contributed by atoms with E-state index >= 15 is 14.4 Å². The molecule has 10 rings (SSSR count). The molecule has 17 atom stereocenters. The van der Waals surface area contributed by atoms with Crippen LogP contribution in [0.25, 0.3) is 6.08 Å². The number of aliphatic hydroxyl groups excluding tert-OH is 4. The van der Waals surface area contributed by atoms with Crippen molar-refractivity contribution in [3.63, 3.8) is 0 Å². The lowest BCUT2D eigenvalue weighted by molar-refractivity contribution is -0.131. The van der Waals surface area contributed by atoms with Crippen LogP contribution in [0.15, 0.2) is 92.2 Å². The van der Waals surface area contributed by atoms with Crippen LogP contribution in [0.4, 0.5) is 0 Å². The van der Waals surface area contributed by atoms with E-state index in [0.29, 0.717) is 6.42 Å². The Morgan fingerprint density at radius 3 is 2.12 bits per heavy atom. The van der Waals surface area contributed by atoms with Crippen molar-refractivity contribution >= 4 is 145 Å². The minimum absolute atomic E-state index is 0.0158. The van der Waals surface area contributed by atoms with Gasteiger partial charge in [-0.05, 0) is 85.8 Å². The number of aromatic nitrogens is 5. The lowest BCUT2D eigenvalue weighted by Gasteiger charge is -2.41. The predicted octanol–water partition coefficient (Wildman–Crippen LogP) is 0.774. The Morgan fingerprint density at radius 1 is 0.763 bits per heavy atom. The zero-order chi connectivity index (χ0) is 83.4. The van der Waals surface area contributed by atoms with Gasteiger partial charge in [-0.15, -0.1) is 57.1 Å². The third kappa shape index (κ3) is 18.6. The topological polar surface area (TPSA) is 563 Å². The first-order valence-electron chi connectivity index (χ1n) is 35.6. The van der Waals surface area contributed by atoms with E-state index in [1.165, 1.54) is 88.2 Å². The summed E-state index contributed by atoms with van der Waals surface area (Å²) in [5.41, 5.74) is -1.79. The fourth-order valence-electron chi connectivity index (χ4n) is 12.3. The van der Waals surface area contributed by atoms with Crippen molar-refractivity contribution in [2.75, 3.05) is 5.75 Å². The molecule has 5 aromatic rings. The average molecular weight is 1660 g/mol. The summed E-state index contributed by atoms with van der Waals surface area (Å²) in [7, 11) is 0. The molecule has 9 heterocycles. The minimum Gasteiger partial charge on any atom is -0.455 e. The van der Waals surface area contributed by atoms with E-state index in [1.54, 1.807) is 26.8 Å². The van der Waals surface area contributed by atoms with Gasteiger partial charge in [-0.1, -0.05) is 58.2 Å². The summed E-state index contributed by atoms with van der Waals surface area (Å²) in [5, 5.41) is 92.2. The normalized spacial score (nSPS) is 26.9. The largest absolute Gasteiger partial charge is 0.455 e. The number of thiazole rings is 4. The molecule has 114 heavy (non-hydrogen) atoms. The molecule has 0 aromatic carbocycles. The molecule has 0 radical (unpaired) electrons. The van der Waals surface area contributed by atoms with Crippen LogP contribution in [0, 0.1) is 5.92 Å². The van der Waals surface area contributed by atoms with Gasteiger partial charge in [0.2, 0.25) is 29.5 Å². The molecule has 11 amide bonds. The number of pyridine rings is 1. The lowest BCUT2D eigenvalue weighted by atomic mass is 9.80. The van der Waals surface area contributed by atoms with Crippen LogP contribution in [0.3, 0.4) is 0 Å². The molecule has 0 spiro atoms. The van der Waals surface area contributed by atoms with E-state index in [-0.39, 0.29) is 94.7 Å². The Morgan fingerprint density at radius 2 is 1.45 bits per heavy atom. The number of cyclic esters (lactones) is 1. The maximum atomic E-state index is 15.4. The van der Waals surface area contributed by atoms with Gasteiger partial charge in [0.1, 0.15) is 113 Å². The van der Waals surface area contributed by atoms with E-state index in [0.717, 1.165) is 57.1 Å². The van der Waals surface area contributed by atoms with Crippen molar-refractivity contribution < 1.29 is 87.8 Å². The van der Waals surface area contributed by atoms with Crippen LogP contribution < -0.4 is 64.2 Å². The third-order valence-corrected chi connectivity index (χ3v) is 24.3. The number of hydrogen-bond acceptors (Lipinski definition) is 31. The summed E-state index contributed by atoms with van der Waals surface area (Å²) in [6.07, 6.45) is -3.18. The van der Waals surface area contributed by atoms with Gasteiger partial charge in [0, 0.05) is 32.8 Å². The number of thioether (sulfide) groups is 1. The molecule has 0 saturated heterocycles. The molecule has 5 aromatic heterocycles. The van der Waals surface area contributed by atoms with E-state index in [2.05, 4.69) is 98.2 Å². The number of carbonyl (C=O) groups is 12. The third-order valence-electron chi connectivity index (χ3n) is 19.5. The zero-order valence-corrected chi connectivity index (χ0v) is 67.1. The van der Waals surface area contributed by atoms with Gasteiger partial charge in [0.25, 0.3) is 35.4 Å². The van der Waals surface area contributed by atoms with Crippen LogP contribution in [0.2, 0.25) is 0 Å². The fraction of sp³-hybridized carbons (Fsp3) is 0.431. The monoisotopic (exact) mass is 1660 g/mol. The highest BCUT2D eigenvalue weighted by molar-refractivity contribution is 8.14. The first-order valence-corrected chi connectivity index (χ1v) is 40.1. The van der Waals surface area contributed by atoms with Gasteiger partial charge in [0.05, 0.1) is 70.3 Å². The van der Waals surface area contributed by atoms with E-state index < -0.39 is 196 Å². The SMILES string of the molecule is C=C(NC(=O)C(=C)NC(=O)c1csc(C2=N[C@H]3c4csc(n4)[C@H]4NC(=O)c5csc(n5)[C@H]([C@@](C)(O)[C@@H](C)O)NC(=O)[C@H]5CSC(=N5)/C(=C/C)NC(=O)[C@H]([C@@H](C)O)NC(=O)c5csc(n5)[C@]3(CC2)NC(=O)[C@H](C)NC(=O)C(=C)NC(=O)[C@H](C)NC(=O)[C@H](C(C)CC)N[C@@H]2C=Cc3c([C@H](C)O)cc(nc3[C@H]2O)C(=O)O[C@@H]4C)n1)C(N)=O. The predicted molar refractivity (Wildman–Crippen MR) is 418 cm³/mol. The molecular formula is C72H85N19O18S5. The zero-order valence-electron chi connectivity index (χ0n) is 63.0. The molecule has 13 bridgehead atoms. The fourth-order valence-corrected chi connectivity index (χ4v) is 17.2. The standard InChI is InChI=1S/C72H85N19O18S5/c1-14-26(3)47-63(105)78-30(7)57(99)75-28(5)56(98)76-31(8)58(100)91-72-19-18-40(66-85-43(22-111-66)59(101)77-29(6)55(97)74-27(4)54(73)96)81-52(72)42-21-112-67(83-42)49(34(11)109-69(107)41-20-37(32(9)92)36-16-17-39(79-47)51(95)50(36)80-41)89-60(102)44-24-113-68(86-44)53(71(13,108)35(12)94)90-62(104)45-23-110-65(84-45)38(15-2)82-64(106)48(33(10)93)88-61(103)46-25-114-70(72)87-46/h15-17,20-22,24-26,30-35,39,45,47-49,51-53,79,92-95,108H,4-6,14,18-19,23H2,1-3,7-13H3,(H2,73,96)(H,74,97)(H,75,99)(H,76,98)(H,77,101)(H,78,105)(H,82,106)(H,88,103)(H,89,102)(H,90,104)(H,91,100)/b38-15-/t26?,30-,31-,32-,33+,34+,35+,39+,45+,47-,48-,49-,51-,52-,53+,71-,72+/m0/s1. The van der Waals surface area contributed by atoms with Crippen LogP contribution in [0.5, 0.6) is 0 Å². The molecule has 1 aliphatic carbocycles. The van der Waals surface area contributed by atoms with Crippen molar-refractivity contribution in [1.29, 1.82) is 0 Å². The minimum atomic E-state index is -2.21. The van der Waals surface area contributed by atoms with E-state index in [4.69, 9.17) is 25.4 Å². The Hall–Kier alpha value is -10.5. The number of hydrogen-bond donors (Lipinski definition) is 17. The summed E-state index contributed by atoms with van der Waals surface area (Å²) < 4.78 is 6.26. The number of rotatable bonds is 12. The molecule has 4 aliphatic heterocycles. The van der Waals surface area contributed by atoms with Gasteiger partial charge >= 0.3 is 5.97 Å². The van der Waals surface area contributed by atoms with Crippen LogP contribution in [-0.2, 0) is 48.6 Å². The summed E-state index contributed by atoms with van der Waals surface area (Å²) in [4.78, 5) is 204. The summed E-state index contributed by atoms with van der Waals surface area (Å²) in [6.45, 7) is 24.9. The van der Waals surface area contributed by atoms with Crippen LogP contribution >= 0.6 is 57.1 Å². The Bertz CT molecular complexity index is 4880. The van der Waals surface area contributed by atoms with Gasteiger partial charge in [0.15, 0.2) is 0 Å². The number of ether oxygens (including phenoxy) is 1. The van der Waals surface area contributed by atoms with Crippen molar-refractivity contribution in [1.82, 2.24) is 83.4 Å². The van der Waals surface area contributed by atoms with Crippen LogP contribution in [0.1, 0.15) is 203 Å². The highest BCUT2D eigenvalue weighted by Gasteiger charge is 2.51. The molecule has 5 aliphatic rings. The Balaban J connectivity index is 1.18. The number of nitrogens with zero attached hydrogens (tertiary/aromatic N) is 7. The quantitative estimate of drug-likeness (QED) is 0.0606. The lowest BCUT2D eigenvalue weighted by Crippen LogP contribution is -2.57. The van der Waals surface area contributed by atoms with Gasteiger partial charge < -0.3 is 89.2 Å². The van der Waals surface area contributed by atoms with E-state index in [1.807, 2.05) is 0 Å². The number of nitrogens with one attached hydrogen (secondary N) is 11. The second-order valence-corrected chi connectivity index (χ2v) is 32.3. The Kier molecular flexibility index (Phi) is 26.7. The van der Waals surface area contributed by atoms with Gasteiger partial charge in [-0.2, -0.15) is 0 Å². The summed E-state index contributed by atoms with van der Waals surface area (Å²) in [6, 6.07) is -11.6. The second kappa shape index (κ2) is 35.5. The number of nitrogens with two attached hydrogens (primary N) is 1. The molecule has 42 heteroatoms. The van der Waals surface area contributed by atoms with Crippen molar-refractivity contribution in [3.8, 4) is 0 Å². The highest BCUT2D eigenvalue weighted by atomic mass is 32.2. The molecular weight excluding hydrogens is 1580 g/mol. The first-order chi connectivity index (χ1) is 53.7. The first kappa shape index (κ1) is 85.9. The van der Waals surface area contributed by atoms with Crippen molar-refractivity contribution in [2.45, 2.75) is 185 Å². The molecule has 1 unspecified atom stereocenters. The average Bonchev–Trinajstić information content (AvgIpc) is 1.50. The molecule has 37 nitrogen and oxygen atoms in total. The molecule has 18 N–H and O–H groups in total. The number of esters is 1. The number of allylic oxidation sites excluding steroid dienone is 1. The number of amides is 11. The highest BCUT2D eigenvalue weighted by Crippen LogP contribution is 2.48. The smallest absolute Gasteiger partial charge is 0.357 e. The molecule has 0 saturated carbocycles. The summed E-state index contributed by atoms with van der Waals surface area (Å²) >= 11 is 4.42. The molecule has 0 fully saturated rings. The number of primary amides is 1. The number of fused-ring (bicyclic) bond motifs is 7. The van der Waals surface area contributed by atoms with Crippen LogP contribution in [-0.4, -0.2) is 198 Å². The number of aliphatic hydroxyl groups is 5. The maximum absolute atomic E-state index is 15.4. The van der Waals surface area contributed by atoms with Crippen molar-refractivity contribution in [2.24, 2.45) is 21.6 Å². The second-order valence-electron chi connectivity index (χ2n) is 27.8. The van der Waals surface area contributed by atoms with Crippen molar-refractivity contribution in [3.05, 3.63) is 148 Å².